The summed E-state index contributed by atoms with van der Waals surface area (Å²) < 4.78 is 31.9. The van der Waals surface area contributed by atoms with E-state index in [1.54, 1.807) is 32.2 Å². The molecular weight excluding hydrogens is 366 g/mol. The molecule has 0 heterocycles. The van der Waals surface area contributed by atoms with E-state index in [-0.39, 0.29) is 23.1 Å². The van der Waals surface area contributed by atoms with Gasteiger partial charge in [-0.1, -0.05) is 19.3 Å². The van der Waals surface area contributed by atoms with E-state index in [1.165, 1.54) is 22.6 Å². The van der Waals surface area contributed by atoms with Gasteiger partial charge >= 0.3 is 5.97 Å². The molecule has 0 radical (unpaired) electrons. The maximum atomic E-state index is 12.8. The number of benzene rings is 1. The summed E-state index contributed by atoms with van der Waals surface area (Å²) in [6.07, 6.45) is 6.31. The first-order chi connectivity index (χ1) is 12.9. The minimum atomic E-state index is -3.55. The molecule has 0 atom stereocenters. The molecule has 1 N–H and O–H groups in total. The summed E-state index contributed by atoms with van der Waals surface area (Å²) in [5.74, 6) is -0.708. The van der Waals surface area contributed by atoms with Crippen molar-refractivity contribution < 1.29 is 17.9 Å². The molecule has 1 aromatic carbocycles. The van der Waals surface area contributed by atoms with Crippen LogP contribution in [0.5, 0.6) is 0 Å². The number of hydrogen-bond donors (Lipinski definition) is 1. The van der Waals surface area contributed by atoms with Crippen LogP contribution < -0.4 is 5.32 Å². The number of ether oxygens (including phenoxy) is 1. The van der Waals surface area contributed by atoms with Gasteiger partial charge < -0.3 is 10.1 Å². The first-order valence-electron chi connectivity index (χ1n) is 9.02. The Balaban J connectivity index is 2.09. The molecule has 0 spiro atoms. The van der Waals surface area contributed by atoms with E-state index >= 15 is 0 Å². The Bertz CT molecular complexity index is 820. The SMILES string of the molecule is CCOC(=O)/C(C#N)=C\Nc1ccc(S(=O)(=O)N(C)C2CCCCC2)cc1. The zero-order valence-electron chi connectivity index (χ0n) is 15.6. The fourth-order valence-corrected chi connectivity index (χ4v) is 4.45. The van der Waals surface area contributed by atoms with E-state index in [9.17, 15) is 13.2 Å². The van der Waals surface area contributed by atoms with Crippen LogP contribution in [-0.4, -0.2) is 38.4 Å². The van der Waals surface area contributed by atoms with Crippen LogP contribution in [0, 0.1) is 11.3 Å². The number of nitrogens with zero attached hydrogens (tertiary/aromatic N) is 2. The summed E-state index contributed by atoms with van der Waals surface area (Å²) in [7, 11) is -1.91. The number of nitrogens with one attached hydrogen (secondary N) is 1. The molecule has 146 valence electrons. The predicted octanol–water partition coefficient (Wildman–Crippen LogP) is 3.02. The van der Waals surface area contributed by atoms with E-state index in [0.717, 1.165) is 32.1 Å². The summed E-state index contributed by atoms with van der Waals surface area (Å²) in [5.41, 5.74) is 0.400. The molecule has 2 rings (SSSR count). The first-order valence-corrected chi connectivity index (χ1v) is 10.5. The van der Waals surface area contributed by atoms with Gasteiger partial charge in [0, 0.05) is 25.0 Å². The van der Waals surface area contributed by atoms with Crippen LogP contribution in [0.3, 0.4) is 0 Å². The van der Waals surface area contributed by atoms with Crippen molar-refractivity contribution in [2.75, 3.05) is 19.0 Å². The van der Waals surface area contributed by atoms with Crippen LogP contribution in [0.25, 0.3) is 0 Å². The highest BCUT2D eigenvalue weighted by atomic mass is 32.2. The average molecular weight is 391 g/mol. The van der Waals surface area contributed by atoms with Crippen molar-refractivity contribution in [1.82, 2.24) is 4.31 Å². The number of nitriles is 1. The van der Waals surface area contributed by atoms with E-state index in [2.05, 4.69) is 5.32 Å². The summed E-state index contributed by atoms with van der Waals surface area (Å²) in [5, 5.41) is 11.8. The van der Waals surface area contributed by atoms with Gasteiger partial charge in [-0.25, -0.2) is 13.2 Å². The fourth-order valence-electron chi connectivity index (χ4n) is 3.03. The van der Waals surface area contributed by atoms with Gasteiger partial charge in [-0.2, -0.15) is 9.57 Å². The van der Waals surface area contributed by atoms with Gasteiger partial charge in [0.15, 0.2) is 5.57 Å². The predicted molar refractivity (Wildman–Crippen MR) is 102 cm³/mol. The van der Waals surface area contributed by atoms with Gasteiger partial charge in [-0.05, 0) is 44.0 Å². The number of hydrogen-bond acceptors (Lipinski definition) is 6. The molecule has 0 bridgehead atoms. The number of sulfonamides is 1. The van der Waals surface area contributed by atoms with Crippen LogP contribution in [0.1, 0.15) is 39.0 Å². The third kappa shape index (κ3) is 5.31. The molecule has 0 aliphatic heterocycles. The molecule has 0 amide bonds. The maximum absolute atomic E-state index is 12.8. The van der Waals surface area contributed by atoms with Crippen LogP contribution in [0.4, 0.5) is 5.69 Å². The molecule has 1 aliphatic carbocycles. The van der Waals surface area contributed by atoms with Crippen LogP contribution in [0.2, 0.25) is 0 Å². The standard InChI is InChI=1S/C19H25N3O4S/c1-3-26-19(23)15(13-20)14-21-16-9-11-18(12-10-16)27(24,25)22(2)17-7-5-4-6-8-17/h9-12,14,17,21H,3-8H2,1-2H3/b15-14-. The van der Waals surface area contributed by atoms with Crippen molar-refractivity contribution in [2.45, 2.75) is 50.0 Å². The third-order valence-corrected chi connectivity index (χ3v) is 6.54. The van der Waals surface area contributed by atoms with E-state index in [1.807, 2.05) is 0 Å². The molecule has 0 saturated heterocycles. The van der Waals surface area contributed by atoms with E-state index < -0.39 is 16.0 Å². The summed E-state index contributed by atoms with van der Waals surface area (Å²) >= 11 is 0. The second-order valence-electron chi connectivity index (χ2n) is 6.37. The van der Waals surface area contributed by atoms with Crippen molar-refractivity contribution >= 4 is 21.7 Å². The van der Waals surface area contributed by atoms with Crippen molar-refractivity contribution in [2.24, 2.45) is 0 Å². The number of esters is 1. The van der Waals surface area contributed by atoms with Gasteiger partial charge in [-0.15, -0.1) is 0 Å². The Hall–Kier alpha value is -2.37. The van der Waals surface area contributed by atoms with Crippen molar-refractivity contribution in [3.8, 4) is 6.07 Å². The minimum Gasteiger partial charge on any atom is -0.462 e. The normalized spacial score (nSPS) is 16.0. The summed E-state index contributed by atoms with van der Waals surface area (Å²) in [6.45, 7) is 1.84. The van der Waals surface area contributed by atoms with Gasteiger partial charge in [0.25, 0.3) is 0 Å². The van der Waals surface area contributed by atoms with E-state index in [0.29, 0.717) is 5.69 Å². The number of carbonyl (C=O) groups is 1. The zero-order valence-corrected chi connectivity index (χ0v) is 16.5. The third-order valence-electron chi connectivity index (χ3n) is 4.62. The van der Waals surface area contributed by atoms with E-state index in [4.69, 9.17) is 10.00 Å². The lowest BCUT2D eigenvalue weighted by atomic mass is 9.96. The maximum Gasteiger partial charge on any atom is 0.350 e. The highest BCUT2D eigenvalue weighted by Gasteiger charge is 2.28. The van der Waals surface area contributed by atoms with Crippen molar-refractivity contribution in [1.29, 1.82) is 5.26 Å². The molecule has 1 aliphatic rings. The molecule has 0 unspecified atom stereocenters. The van der Waals surface area contributed by atoms with Gasteiger partial charge in [0.05, 0.1) is 11.5 Å². The minimum absolute atomic E-state index is 0.0484. The Morgan fingerprint density at radius 3 is 2.48 bits per heavy atom. The fraction of sp³-hybridized carbons (Fsp3) is 0.474. The largest absolute Gasteiger partial charge is 0.462 e. The molecule has 1 fully saturated rings. The smallest absolute Gasteiger partial charge is 0.350 e. The molecule has 1 aromatic rings. The lowest BCUT2D eigenvalue weighted by Gasteiger charge is -2.30. The topological polar surface area (TPSA) is 99.5 Å². The lowest BCUT2D eigenvalue weighted by Crippen LogP contribution is -2.38. The molecule has 0 aromatic heterocycles. The molecular formula is C19H25N3O4S. The van der Waals surface area contributed by atoms with Gasteiger partial charge in [0.1, 0.15) is 6.07 Å². The second-order valence-corrected chi connectivity index (χ2v) is 8.37. The average Bonchev–Trinajstić information content (AvgIpc) is 2.69. The Morgan fingerprint density at radius 1 is 1.30 bits per heavy atom. The Morgan fingerprint density at radius 2 is 1.93 bits per heavy atom. The molecule has 27 heavy (non-hydrogen) atoms. The molecule has 8 heteroatoms. The highest BCUT2D eigenvalue weighted by Crippen LogP contribution is 2.27. The van der Waals surface area contributed by atoms with Crippen LogP contribution in [0.15, 0.2) is 40.9 Å². The van der Waals surface area contributed by atoms with Crippen molar-refractivity contribution in [3.05, 3.63) is 36.0 Å². The monoisotopic (exact) mass is 391 g/mol. The van der Waals surface area contributed by atoms with Crippen LogP contribution in [-0.2, 0) is 19.6 Å². The molecule has 7 nitrogen and oxygen atoms in total. The Kier molecular flexibility index (Phi) is 7.39. The number of rotatable bonds is 7. The number of anilines is 1. The summed E-state index contributed by atoms with van der Waals surface area (Å²) in [4.78, 5) is 11.8. The van der Waals surface area contributed by atoms with Gasteiger partial charge in [-0.3, -0.25) is 0 Å². The lowest BCUT2D eigenvalue weighted by molar-refractivity contribution is -0.138. The number of carbonyl (C=O) groups excluding carboxylic acids is 1. The first kappa shape index (κ1) is 20.9. The van der Waals surface area contributed by atoms with Crippen LogP contribution >= 0.6 is 0 Å². The van der Waals surface area contributed by atoms with Gasteiger partial charge in [0.2, 0.25) is 10.0 Å². The second kappa shape index (κ2) is 9.53. The highest BCUT2D eigenvalue weighted by molar-refractivity contribution is 7.89. The zero-order chi connectivity index (χ0) is 19.9. The summed E-state index contributed by atoms with van der Waals surface area (Å²) in [6, 6.07) is 8.03. The van der Waals surface area contributed by atoms with Crippen molar-refractivity contribution in [3.63, 3.8) is 0 Å². The Labute approximate surface area is 160 Å². The quantitative estimate of drug-likeness (QED) is 0.436. The molecule has 1 saturated carbocycles.